The Hall–Kier alpha value is -1.58. The van der Waals surface area contributed by atoms with Crippen molar-refractivity contribution in [2.45, 2.75) is 100 Å². The number of ether oxygens (including phenoxy) is 6. The van der Waals surface area contributed by atoms with E-state index in [2.05, 4.69) is 32.9 Å². The van der Waals surface area contributed by atoms with Crippen LogP contribution in [0.3, 0.4) is 0 Å². The molecule has 9 heteroatoms. The molecular formula is C31H47LiO7P+. The molecule has 0 aliphatic carbocycles. The fourth-order valence-electron chi connectivity index (χ4n) is 4.23. The summed E-state index contributed by atoms with van der Waals surface area (Å²) >= 11 is 0. The van der Waals surface area contributed by atoms with Crippen LogP contribution in [0, 0.1) is 13.8 Å². The fraction of sp³-hybridized carbons (Fsp3) is 0.581. The summed E-state index contributed by atoms with van der Waals surface area (Å²) in [6.45, 7) is 23.2. The van der Waals surface area contributed by atoms with Gasteiger partial charge in [0.05, 0.1) is 5.30 Å². The van der Waals surface area contributed by atoms with Crippen LogP contribution in [-0.2, 0) is 19.6 Å². The minimum absolute atomic E-state index is 0. The molecule has 0 aliphatic rings. The number of rotatable bonds is 15. The fourth-order valence-corrected chi connectivity index (χ4v) is 5.48. The van der Waals surface area contributed by atoms with Crippen LogP contribution in [0.1, 0.15) is 89.4 Å². The van der Waals surface area contributed by atoms with Crippen LogP contribution in [0.15, 0.2) is 24.3 Å². The summed E-state index contributed by atoms with van der Waals surface area (Å²) < 4.78 is 35.3. The number of hydrogen-bond donors (Lipinski definition) is 0. The van der Waals surface area contributed by atoms with E-state index in [1.807, 2.05) is 55.4 Å². The Labute approximate surface area is 254 Å². The van der Waals surface area contributed by atoms with Gasteiger partial charge in [-0.25, -0.2) is 0 Å². The van der Waals surface area contributed by atoms with E-state index in [0.29, 0.717) is 42.4 Å². The van der Waals surface area contributed by atoms with Crippen molar-refractivity contribution < 1.29 is 52.1 Å². The molecule has 40 heavy (non-hydrogen) atoms. The molecule has 0 aliphatic heterocycles. The van der Waals surface area contributed by atoms with Crippen molar-refractivity contribution in [1.82, 2.24) is 0 Å². The standard InChI is InChI=1S/C31H47O7P.Li/c1-12-33-21(6)36-25-17-26(37-22(7)34-13-2)29(27(18-25)38-23(8)35-14-3)39-30(32)28-19(4)15-24(16-20(28)5)31(9,10)11;/h15-18,21-23,39H,12-14H2,1-11H3;/q;+1. The Kier molecular flexibility index (Phi) is 15.3. The smallest absolute Gasteiger partial charge is 0.465 e. The molecular weight excluding hydrogens is 522 g/mol. The molecule has 7 nitrogen and oxygen atoms in total. The zero-order valence-corrected chi connectivity index (χ0v) is 27.5. The molecule has 0 saturated heterocycles. The first-order chi connectivity index (χ1) is 18.3. The Morgan fingerprint density at radius 3 is 1.52 bits per heavy atom. The van der Waals surface area contributed by atoms with Gasteiger partial charge in [0, 0.05) is 37.5 Å². The zero-order chi connectivity index (χ0) is 29.3. The molecule has 2 aromatic carbocycles. The van der Waals surface area contributed by atoms with Gasteiger partial charge in [-0.3, -0.25) is 4.79 Å². The number of carbonyl (C=O) groups is 1. The van der Waals surface area contributed by atoms with E-state index < -0.39 is 18.9 Å². The van der Waals surface area contributed by atoms with Crippen molar-refractivity contribution in [3.63, 3.8) is 0 Å². The van der Waals surface area contributed by atoms with Crippen molar-refractivity contribution in [2.24, 2.45) is 0 Å². The molecule has 0 N–H and O–H groups in total. The van der Waals surface area contributed by atoms with Gasteiger partial charge in [-0.2, -0.15) is 0 Å². The van der Waals surface area contributed by atoms with Gasteiger partial charge < -0.3 is 28.4 Å². The number of carbonyl (C=O) groups excluding carboxylic acids is 1. The summed E-state index contributed by atoms with van der Waals surface area (Å²) in [5, 5.41) is 0.633. The first-order valence-electron chi connectivity index (χ1n) is 13.8. The van der Waals surface area contributed by atoms with Gasteiger partial charge in [-0.05, 0) is 86.1 Å². The maximum Gasteiger partial charge on any atom is 1.00 e. The Morgan fingerprint density at radius 1 is 0.750 bits per heavy atom. The number of aryl methyl sites for hydroxylation is 2. The maximum atomic E-state index is 13.9. The van der Waals surface area contributed by atoms with E-state index in [1.54, 1.807) is 12.1 Å². The second-order valence-electron chi connectivity index (χ2n) is 10.4. The summed E-state index contributed by atoms with van der Waals surface area (Å²) in [4.78, 5) is 13.9. The van der Waals surface area contributed by atoms with Crippen LogP contribution in [0.5, 0.6) is 17.2 Å². The molecule has 0 aromatic heterocycles. The summed E-state index contributed by atoms with van der Waals surface area (Å²) in [6, 6.07) is 7.75. The largest absolute Gasteiger partial charge is 1.00 e. The van der Waals surface area contributed by atoms with E-state index in [1.165, 1.54) is 5.56 Å². The van der Waals surface area contributed by atoms with Gasteiger partial charge in [-0.15, -0.1) is 0 Å². The van der Waals surface area contributed by atoms with Crippen molar-refractivity contribution in [2.75, 3.05) is 19.8 Å². The monoisotopic (exact) mass is 569 g/mol. The normalized spacial score (nSPS) is 14.0. The molecule has 0 fully saturated rings. The zero-order valence-electron chi connectivity index (χ0n) is 26.5. The number of benzene rings is 2. The minimum atomic E-state index is -0.542. The van der Waals surface area contributed by atoms with Gasteiger partial charge >= 0.3 is 18.9 Å². The summed E-state index contributed by atoms with van der Waals surface area (Å²) in [6.07, 6.45) is -1.56. The van der Waals surface area contributed by atoms with Crippen LogP contribution in [0.4, 0.5) is 0 Å². The van der Waals surface area contributed by atoms with Gasteiger partial charge in [0.1, 0.15) is 17.2 Å². The molecule has 0 radical (unpaired) electrons. The van der Waals surface area contributed by atoms with E-state index in [9.17, 15) is 4.79 Å². The van der Waals surface area contributed by atoms with Gasteiger partial charge in [0.15, 0.2) is 24.4 Å². The van der Waals surface area contributed by atoms with E-state index in [-0.39, 0.29) is 38.4 Å². The molecule has 2 rings (SSSR count). The summed E-state index contributed by atoms with van der Waals surface area (Å²) in [5.41, 5.74) is 3.83. The third-order valence-electron chi connectivity index (χ3n) is 6.00. The maximum absolute atomic E-state index is 13.9. The average molecular weight is 570 g/mol. The van der Waals surface area contributed by atoms with E-state index >= 15 is 0 Å². The first kappa shape index (κ1) is 36.4. The molecule has 0 spiro atoms. The SMILES string of the molecule is CCOC(C)Oc1cc(OC(C)OCC)c(PC(=O)c2c(C)cc(C(C)(C)C)cc2C)c(OC(C)OCC)c1.[Li+]. The van der Waals surface area contributed by atoms with Crippen molar-refractivity contribution >= 4 is 19.4 Å². The quantitative estimate of drug-likeness (QED) is 0.182. The van der Waals surface area contributed by atoms with Gasteiger partial charge in [0.2, 0.25) is 0 Å². The number of hydrogen-bond acceptors (Lipinski definition) is 7. The second kappa shape index (κ2) is 16.8. The third kappa shape index (κ3) is 10.7. The molecule has 0 amide bonds. The Morgan fingerprint density at radius 2 is 1.15 bits per heavy atom. The molecule has 0 bridgehead atoms. The van der Waals surface area contributed by atoms with Crippen LogP contribution >= 0.6 is 8.58 Å². The third-order valence-corrected chi connectivity index (χ3v) is 7.22. The molecule has 0 saturated carbocycles. The van der Waals surface area contributed by atoms with E-state index in [4.69, 9.17) is 28.4 Å². The molecule has 4 atom stereocenters. The molecule has 218 valence electrons. The average Bonchev–Trinajstić information content (AvgIpc) is 2.80. The Balaban J connectivity index is 0.00000800. The van der Waals surface area contributed by atoms with Crippen molar-refractivity contribution in [3.8, 4) is 17.2 Å². The molecule has 2 aromatic rings. The summed E-state index contributed by atoms with van der Waals surface area (Å²) in [5.74, 6) is 1.42. The molecule has 0 heterocycles. The Bertz CT molecular complexity index is 1040. The summed E-state index contributed by atoms with van der Waals surface area (Å²) in [7, 11) is -0.261. The topological polar surface area (TPSA) is 72.5 Å². The van der Waals surface area contributed by atoms with E-state index in [0.717, 1.165) is 16.7 Å². The van der Waals surface area contributed by atoms with Crippen LogP contribution in [-0.4, -0.2) is 44.2 Å². The van der Waals surface area contributed by atoms with Crippen LogP contribution < -0.4 is 38.4 Å². The molecule has 4 unspecified atom stereocenters. The minimum Gasteiger partial charge on any atom is -0.465 e. The first-order valence-corrected chi connectivity index (χ1v) is 14.8. The van der Waals surface area contributed by atoms with Crippen molar-refractivity contribution in [1.29, 1.82) is 0 Å². The van der Waals surface area contributed by atoms with Gasteiger partial charge in [0.25, 0.3) is 0 Å². The second-order valence-corrected chi connectivity index (χ2v) is 11.6. The van der Waals surface area contributed by atoms with Gasteiger partial charge in [-0.1, -0.05) is 32.9 Å². The predicted octanol–water partition coefficient (Wildman–Crippen LogP) is 4.03. The predicted molar refractivity (Wildman–Crippen MR) is 158 cm³/mol. The van der Waals surface area contributed by atoms with Crippen LogP contribution in [0.25, 0.3) is 0 Å². The van der Waals surface area contributed by atoms with Crippen LogP contribution in [0.2, 0.25) is 0 Å². The van der Waals surface area contributed by atoms with Crippen molar-refractivity contribution in [3.05, 3.63) is 46.5 Å².